The number of guanidine groups is 1. The van der Waals surface area contributed by atoms with E-state index in [9.17, 15) is 9.90 Å². The molecule has 3 N–H and O–H groups in total. The minimum atomic E-state index is -0.0705. The molecule has 1 atom stereocenters. The van der Waals surface area contributed by atoms with Crippen molar-refractivity contribution in [1.29, 1.82) is 0 Å². The Bertz CT molecular complexity index is 676. The van der Waals surface area contributed by atoms with Crippen LogP contribution >= 0.6 is 35.3 Å². The molecule has 0 aromatic carbocycles. The van der Waals surface area contributed by atoms with Gasteiger partial charge in [-0.2, -0.15) is 0 Å². The van der Waals surface area contributed by atoms with Crippen molar-refractivity contribution in [3.63, 3.8) is 0 Å². The topological polar surface area (TPSA) is 86.2 Å². The van der Waals surface area contributed by atoms with E-state index < -0.39 is 0 Å². The smallest absolute Gasteiger partial charge is 0.224 e. The maximum Gasteiger partial charge on any atom is 0.224 e. The fraction of sp³-hybridized carbons (Fsp3) is 0.700. The van der Waals surface area contributed by atoms with Crippen LogP contribution in [-0.2, 0) is 22.5 Å². The lowest BCUT2D eigenvalue weighted by atomic mass is 9.84. The standard InChI is InChI=1S/C20H32N4O3S.HI/c1-2-21-19(23-14-20(6-10-25)7-11-27-15-20)22-8-3-18(26)24-9-4-17-16(13-24)5-12-28-17;/h5,12,25H,2-4,6-11,13-15H2,1H3,(H2,21,22,23);1H. The van der Waals surface area contributed by atoms with Crippen molar-refractivity contribution in [3.8, 4) is 0 Å². The summed E-state index contributed by atoms with van der Waals surface area (Å²) in [7, 11) is 0. The average molecular weight is 536 g/mol. The summed E-state index contributed by atoms with van der Waals surface area (Å²) in [6.07, 6.45) is 3.04. The second-order valence-corrected chi connectivity index (χ2v) is 8.58. The number of rotatable bonds is 8. The number of nitrogens with zero attached hydrogens (tertiary/aromatic N) is 2. The highest BCUT2D eigenvalue weighted by atomic mass is 127. The van der Waals surface area contributed by atoms with E-state index in [1.807, 2.05) is 11.8 Å². The molecule has 3 heterocycles. The molecule has 9 heteroatoms. The Morgan fingerprint density at radius 1 is 1.45 bits per heavy atom. The summed E-state index contributed by atoms with van der Waals surface area (Å²) in [6, 6.07) is 2.13. The zero-order valence-electron chi connectivity index (χ0n) is 17.1. The van der Waals surface area contributed by atoms with Gasteiger partial charge in [-0.25, -0.2) is 0 Å². The van der Waals surface area contributed by atoms with Crippen molar-refractivity contribution < 1.29 is 14.6 Å². The lowest BCUT2D eigenvalue weighted by molar-refractivity contribution is -0.131. The number of carbonyl (C=O) groups is 1. The Labute approximate surface area is 194 Å². The fourth-order valence-electron chi connectivity index (χ4n) is 3.78. The van der Waals surface area contributed by atoms with Crippen molar-refractivity contribution >= 4 is 47.2 Å². The number of ether oxygens (including phenoxy) is 1. The quantitative estimate of drug-likeness (QED) is 0.269. The predicted molar refractivity (Wildman–Crippen MR) is 127 cm³/mol. The molecule has 29 heavy (non-hydrogen) atoms. The summed E-state index contributed by atoms with van der Waals surface area (Å²) < 4.78 is 5.53. The van der Waals surface area contributed by atoms with E-state index in [0.717, 1.165) is 45.0 Å². The van der Waals surface area contributed by atoms with E-state index in [0.29, 0.717) is 32.5 Å². The Morgan fingerprint density at radius 3 is 3.03 bits per heavy atom. The second-order valence-electron chi connectivity index (χ2n) is 7.58. The van der Waals surface area contributed by atoms with Gasteiger partial charge in [-0.3, -0.25) is 9.79 Å². The molecule has 0 bridgehead atoms. The van der Waals surface area contributed by atoms with Crippen molar-refractivity contribution in [1.82, 2.24) is 15.5 Å². The first kappa shape index (κ1) is 24.4. The number of carbonyl (C=O) groups excluding carboxylic acids is 1. The van der Waals surface area contributed by atoms with E-state index >= 15 is 0 Å². The maximum atomic E-state index is 12.6. The van der Waals surface area contributed by atoms with Gasteiger partial charge in [-0.1, -0.05) is 0 Å². The minimum absolute atomic E-state index is 0. The molecule has 3 rings (SSSR count). The Morgan fingerprint density at radius 2 is 2.31 bits per heavy atom. The Kier molecular flexibility index (Phi) is 10.1. The lowest BCUT2D eigenvalue weighted by Gasteiger charge is -2.27. The molecule has 1 unspecified atom stereocenters. The van der Waals surface area contributed by atoms with E-state index in [1.54, 1.807) is 11.3 Å². The van der Waals surface area contributed by atoms with Crippen LogP contribution in [0.5, 0.6) is 0 Å². The molecule has 1 saturated heterocycles. The molecule has 0 spiro atoms. The van der Waals surface area contributed by atoms with Crippen molar-refractivity contribution in [3.05, 3.63) is 21.9 Å². The number of thiophene rings is 1. The van der Waals surface area contributed by atoms with Crippen molar-refractivity contribution in [2.45, 2.75) is 39.2 Å². The number of aliphatic hydroxyl groups excluding tert-OH is 1. The zero-order valence-corrected chi connectivity index (χ0v) is 20.3. The van der Waals surface area contributed by atoms with Crippen LogP contribution in [0.2, 0.25) is 0 Å². The Hall–Kier alpha value is -0.910. The van der Waals surface area contributed by atoms with E-state index in [1.165, 1.54) is 10.4 Å². The van der Waals surface area contributed by atoms with Gasteiger partial charge in [0.1, 0.15) is 0 Å². The highest BCUT2D eigenvalue weighted by Crippen LogP contribution is 2.32. The number of aliphatic imine (C=N–C) groups is 1. The SMILES string of the molecule is CCNC(=NCC1(CCO)CCOC1)NCCC(=O)N1CCc2sccc2C1.I. The first-order chi connectivity index (χ1) is 13.7. The molecule has 7 nitrogen and oxygen atoms in total. The molecule has 0 aliphatic carbocycles. The van der Waals surface area contributed by atoms with Gasteiger partial charge >= 0.3 is 0 Å². The van der Waals surface area contributed by atoms with Gasteiger partial charge in [0, 0.05) is 56.1 Å². The minimum Gasteiger partial charge on any atom is -0.396 e. The van der Waals surface area contributed by atoms with E-state index in [2.05, 4.69) is 22.1 Å². The largest absolute Gasteiger partial charge is 0.396 e. The van der Waals surface area contributed by atoms with Crippen LogP contribution in [0.1, 0.15) is 36.6 Å². The summed E-state index contributed by atoms with van der Waals surface area (Å²) in [5, 5.41) is 18.0. The highest BCUT2D eigenvalue weighted by Gasteiger charge is 2.34. The first-order valence-corrected chi connectivity index (χ1v) is 11.1. The van der Waals surface area contributed by atoms with Crippen molar-refractivity contribution in [2.75, 3.05) is 46.0 Å². The number of nitrogens with one attached hydrogen (secondary N) is 2. The first-order valence-electron chi connectivity index (χ1n) is 10.2. The molecule has 1 amide bonds. The van der Waals surface area contributed by atoms with Gasteiger partial charge in [0.2, 0.25) is 5.91 Å². The van der Waals surface area contributed by atoms with E-state index in [-0.39, 0.29) is 41.9 Å². The molecule has 164 valence electrons. The fourth-order valence-corrected chi connectivity index (χ4v) is 4.67. The molecular formula is C20H33IN4O3S. The molecule has 1 fully saturated rings. The summed E-state index contributed by atoms with van der Waals surface area (Å²) in [4.78, 5) is 20.6. The lowest BCUT2D eigenvalue weighted by Crippen LogP contribution is -2.41. The molecule has 2 aliphatic heterocycles. The van der Waals surface area contributed by atoms with Gasteiger partial charge in [0.25, 0.3) is 0 Å². The summed E-state index contributed by atoms with van der Waals surface area (Å²) in [5.41, 5.74) is 1.22. The maximum absolute atomic E-state index is 12.6. The number of hydrogen-bond donors (Lipinski definition) is 3. The molecule has 0 saturated carbocycles. The third-order valence-corrected chi connectivity index (χ3v) is 6.56. The van der Waals surface area contributed by atoms with Crippen LogP contribution in [0, 0.1) is 5.41 Å². The number of fused-ring (bicyclic) bond motifs is 1. The summed E-state index contributed by atoms with van der Waals surface area (Å²) >= 11 is 1.79. The monoisotopic (exact) mass is 536 g/mol. The van der Waals surface area contributed by atoms with Gasteiger partial charge in [0.15, 0.2) is 5.96 Å². The molecule has 2 aliphatic rings. The van der Waals surface area contributed by atoms with Crippen molar-refractivity contribution in [2.24, 2.45) is 10.4 Å². The molecule has 1 aromatic rings. The Balaban J connectivity index is 0.00000300. The highest BCUT2D eigenvalue weighted by molar-refractivity contribution is 14.0. The van der Waals surface area contributed by atoms with Gasteiger partial charge in [-0.15, -0.1) is 35.3 Å². The summed E-state index contributed by atoms with van der Waals surface area (Å²) in [5.74, 6) is 0.902. The molecular weight excluding hydrogens is 503 g/mol. The van der Waals surface area contributed by atoms with Crippen LogP contribution in [0.25, 0.3) is 0 Å². The third-order valence-electron chi connectivity index (χ3n) is 5.54. The van der Waals surface area contributed by atoms with Gasteiger partial charge < -0.3 is 25.4 Å². The summed E-state index contributed by atoms with van der Waals surface area (Å²) in [6.45, 7) is 7.03. The normalized spacial score (nSPS) is 21.4. The van der Waals surface area contributed by atoms with Crippen LogP contribution in [0.3, 0.4) is 0 Å². The average Bonchev–Trinajstić information content (AvgIpc) is 3.35. The van der Waals surface area contributed by atoms with Crippen LogP contribution < -0.4 is 10.6 Å². The van der Waals surface area contributed by atoms with Gasteiger partial charge in [0.05, 0.1) is 13.2 Å². The second kappa shape index (κ2) is 12.1. The van der Waals surface area contributed by atoms with Crippen LogP contribution in [-0.4, -0.2) is 67.9 Å². The predicted octanol–water partition coefficient (Wildman–Crippen LogP) is 1.99. The molecule has 1 aromatic heterocycles. The number of amides is 1. The van der Waals surface area contributed by atoms with Gasteiger partial charge in [-0.05, 0) is 43.2 Å². The number of hydrogen-bond acceptors (Lipinski definition) is 5. The zero-order chi connectivity index (χ0) is 19.8. The number of aliphatic hydroxyl groups is 1. The van der Waals surface area contributed by atoms with Crippen LogP contribution in [0.15, 0.2) is 16.4 Å². The molecule has 0 radical (unpaired) electrons. The van der Waals surface area contributed by atoms with E-state index in [4.69, 9.17) is 9.73 Å². The number of halogens is 1. The van der Waals surface area contributed by atoms with Crippen LogP contribution in [0.4, 0.5) is 0 Å². The third kappa shape index (κ3) is 6.80.